The number of carbonyl (C=O) groups is 2. The number of ether oxygens (including phenoxy) is 1. The van der Waals surface area contributed by atoms with E-state index in [1.807, 2.05) is 0 Å². The Morgan fingerprint density at radius 3 is 2.71 bits per heavy atom. The minimum Gasteiger partial charge on any atom is -0.465 e. The molecule has 0 saturated carbocycles. The van der Waals surface area contributed by atoms with Gasteiger partial charge >= 0.3 is 5.97 Å². The van der Waals surface area contributed by atoms with Gasteiger partial charge in [-0.2, -0.15) is 0 Å². The van der Waals surface area contributed by atoms with Crippen LogP contribution in [0.4, 0.5) is 0 Å². The van der Waals surface area contributed by atoms with Crippen LogP contribution in [0.5, 0.6) is 0 Å². The summed E-state index contributed by atoms with van der Waals surface area (Å²) in [5.74, 6) is -0.588. The smallest absolute Gasteiger partial charge is 0.338 e. The van der Waals surface area contributed by atoms with Crippen LogP contribution >= 0.6 is 27.5 Å². The minimum absolute atomic E-state index is 0.155. The molecule has 3 nitrogen and oxygen atoms in total. The monoisotopic (exact) mass is 276 g/mol. The summed E-state index contributed by atoms with van der Waals surface area (Å²) in [6, 6.07) is 2.93. The average Bonchev–Trinajstić information content (AvgIpc) is 2.15. The summed E-state index contributed by atoms with van der Waals surface area (Å²) in [6.45, 7) is 0. The first-order valence-corrected chi connectivity index (χ1v) is 4.79. The zero-order valence-electron chi connectivity index (χ0n) is 7.21. The second kappa shape index (κ2) is 4.57. The van der Waals surface area contributed by atoms with Crippen LogP contribution in [0.25, 0.3) is 0 Å². The van der Waals surface area contributed by atoms with E-state index in [-0.39, 0.29) is 11.1 Å². The van der Waals surface area contributed by atoms with E-state index in [2.05, 4.69) is 20.7 Å². The number of carbonyl (C=O) groups excluding carboxylic acids is 2. The highest BCUT2D eigenvalue weighted by Gasteiger charge is 2.15. The van der Waals surface area contributed by atoms with Crippen LogP contribution in [0.3, 0.4) is 0 Å². The van der Waals surface area contributed by atoms with Gasteiger partial charge in [-0.1, -0.05) is 11.6 Å². The molecule has 0 radical (unpaired) electrons. The van der Waals surface area contributed by atoms with Gasteiger partial charge in [0.2, 0.25) is 0 Å². The van der Waals surface area contributed by atoms with Crippen LogP contribution in [-0.4, -0.2) is 19.4 Å². The van der Waals surface area contributed by atoms with E-state index in [4.69, 9.17) is 11.6 Å². The molecule has 0 unspecified atom stereocenters. The first-order chi connectivity index (χ1) is 6.60. The molecule has 14 heavy (non-hydrogen) atoms. The standard InChI is InChI=1S/C9H6BrClO3/c1-14-9(13)6-2-5(11)3-8(10)7(6)4-12/h2-4H,1H3. The molecule has 0 bridgehead atoms. The highest BCUT2D eigenvalue weighted by molar-refractivity contribution is 9.10. The Morgan fingerprint density at radius 1 is 1.57 bits per heavy atom. The molecule has 0 N–H and O–H groups in total. The summed E-state index contributed by atoms with van der Waals surface area (Å²) in [6.07, 6.45) is 0.576. The highest BCUT2D eigenvalue weighted by atomic mass is 79.9. The third-order valence-electron chi connectivity index (χ3n) is 1.62. The second-order valence-corrected chi connectivity index (χ2v) is 3.75. The van der Waals surface area contributed by atoms with Crippen LogP contribution in [-0.2, 0) is 4.74 Å². The van der Waals surface area contributed by atoms with Gasteiger partial charge in [0, 0.05) is 15.1 Å². The molecule has 0 heterocycles. The van der Waals surface area contributed by atoms with Gasteiger partial charge in [-0.05, 0) is 28.1 Å². The van der Waals surface area contributed by atoms with Crippen LogP contribution in [0.2, 0.25) is 5.02 Å². The van der Waals surface area contributed by atoms with E-state index in [1.165, 1.54) is 19.2 Å². The normalized spacial score (nSPS) is 9.64. The van der Waals surface area contributed by atoms with Gasteiger partial charge < -0.3 is 4.74 Å². The lowest BCUT2D eigenvalue weighted by Gasteiger charge is -2.05. The lowest BCUT2D eigenvalue weighted by molar-refractivity contribution is 0.0598. The van der Waals surface area contributed by atoms with Gasteiger partial charge in [-0.3, -0.25) is 4.79 Å². The van der Waals surface area contributed by atoms with Crippen LogP contribution in [0.1, 0.15) is 20.7 Å². The largest absolute Gasteiger partial charge is 0.465 e. The lowest BCUT2D eigenvalue weighted by atomic mass is 10.1. The maximum atomic E-state index is 11.2. The fourth-order valence-electron chi connectivity index (χ4n) is 0.983. The molecule has 0 aromatic heterocycles. The Balaban J connectivity index is 3.39. The van der Waals surface area contributed by atoms with Gasteiger partial charge in [0.25, 0.3) is 0 Å². The first-order valence-electron chi connectivity index (χ1n) is 3.62. The molecule has 1 aromatic carbocycles. The summed E-state index contributed by atoms with van der Waals surface area (Å²) in [5.41, 5.74) is 0.392. The number of halogens is 2. The second-order valence-electron chi connectivity index (χ2n) is 2.46. The maximum absolute atomic E-state index is 11.2. The third kappa shape index (κ3) is 2.13. The number of esters is 1. The van der Waals surface area contributed by atoms with Crippen molar-refractivity contribution in [1.82, 2.24) is 0 Å². The van der Waals surface area contributed by atoms with E-state index < -0.39 is 5.97 Å². The molecule has 0 aliphatic rings. The van der Waals surface area contributed by atoms with Gasteiger partial charge in [0.05, 0.1) is 12.7 Å². The van der Waals surface area contributed by atoms with Crippen molar-refractivity contribution < 1.29 is 14.3 Å². The molecule has 0 aliphatic heterocycles. The Labute approximate surface area is 94.1 Å². The fraction of sp³-hybridized carbons (Fsp3) is 0.111. The van der Waals surface area contributed by atoms with Crippen LogP contribution < -0.4 is 0 Å². The van der Waals surface area contributed by atoms with E-state index in [9.17, 15) is 9.59 Å². The Kier molecular flexibility index (Phi) is 3.66. The fourth-order valence-corrected chi connectivity index (χ4v) is 1.89. The molecule has 0 amide bonds. The van der Waals surface area contributed by atoms with Gasteiger partial charge in [-0.25, -0.2) is 4.79 Å². The van der Waals surface area contributed by atoms with E-state index in [0.717, 1.165) is 0 Å². The third-order valence-corrected chi connectivity index (χ3v) is 2.49. The summed E-state index contributed by atoms with van der Waals surface area (Å²) in [5, 5.41) is 0.364. The number of hydrogen-bond donors (Lipinski definition) is 0. The zero-order valence-corrected chi connectivity index (χ0v) is 9.55. The van der Waals surface area contributed by atoms with E-state index in [1.54, 1.807) is 0 Å². The van der Waals surface area contributed by atoms with Crippen molar-refractivity contribution in [2.45, 2.75) is 0 Å². The van der Waals surface area contributed by atoms with Crippen molar-refractivity contribution in [2.24, 2.45) is 0 Å². The van der Waals surface area contributed by atoms with Crippen LogP contribution in [0.15, 0.2) is 16.6 Å². The van der Waals surface area contributed by atoms with E-state index in [0.29, 0.717) is 15.8 Å². The molecule has 5 heteroatoms. The molecule has 0 fully saturated rings. The van der Waals surface area contributed by atoms with Crippen molar-refractivity contribution in [2.75, 3.05) is 7.11 Å². The number of benzene rings is 1. The molecular weight excluding hydrogens is 271 g/mol. The summed E-state index contributed by atoms with van der Waals surface area (Å²) >= 11 is 8.86. The van der Waals surface area contributed by atoms with Crippen LogP contribution in [0, 0.1) is 0 Å². The summed E-state index contributed by atoms with van der Waals surface area (Å²) in [7, 11) is 1.24. The number of hydrogen-bond acceptors (Lipinski definition) is 3. The SMILES string of the molecule is COC(=O)c1cc(Cl)cc(Br)c1C=O. The van der Waals surface area contributed by atoms with Crippen molar-refractivity contribution in [3.05, 3.63) is 32.8 Å². The highest BCUT2D eigenvalue weighted by Crippen LogP contribution is 2.24. The maximum Gasteiger partial charge on any atom is 0.338 e. The summed E-state index contributed by atoms with van der Waals surface area (Å²) < 4.78 is 4.98. The quantitative estimate of drug-likeness (QED) is 0.616. The molecule has 0 saturated heterocycles. The van der Waals surface area contributed by atoms with Gasteiger partial charge in [0.15, 0.2) is 6.29 Å². The summed E-state index contributed by atoms with van der Waals surface area (Å²) in [4.78, 5) is 21.9. The molecule has 0 atom stereocenters. The number of methoxy groups -OCH3 is 1. The Bertz CT molecular complexity index is 390. The minimum atomic E-state index is -0.588. The molecular formula is C9H6BrClO3. The van der Waals surface area contributed by atoms with Crippen molar-refractivity contribution >= 4 is 39.8 Å². The van der Waals surface area contributed by atoms with Gasteiger partial charge in [-0.15, -0.1) is 0 Å². The van der Waals surface area contributed by atoms with Gasteiger partial charge in [0.1, 0.15) is 0 Å². The predicted octanol–water partition coefficient (Wildman–Crippen LogP) is 2.70. The lowest BCUT2D eigenvalue weighted by Crippen LogP contribution is -2.05. The molecule has 0 aliphatic carbocycles. The average molecular weight is 278 g/mol. The predicted molar refractivity (Wildman–Crippen MR) is 55.9 cm³/mol. The molecule has 0 spiro atoms. The van der Waals surface area contributed by atoms with Crippen molar-refractivity contribution in [3.63, 3.8) is 0 Å². The number of aldehydes is 1. The Morgan fingerprint density at radius 2 is 2.21 bits per heavy atom. The van der Waals surface area contributed by atoms with Crippen molar-refractivity contribution in [3.8, 4) is 0 Å². The van der Waals surface area contributed by atoms with E-state index >= 15 is 0 Å². The molecule has 1 rings (SSSR count). The molecule has 1 aromatic rings. The zero-order chi connectivity index (χ0) is 10.7. The molecule has 74 valence electrons. The number of rotatable bonds is 2. The first kappa shape index (κ1) is 11.2. The van der Waals surface area contributed by atoms with Crippen molar-refractivity contribution in [1.29, 1.82) is 0 Å². The topological polar surface area (TPSA) is 43.4 Å². The Hall–Kier alpha value is -0.870.